The molecule has 1 fully saturated rings. The third-order valence-corrected chi connectivity index (χ3v) is 5.35. The number of carboxylic acids is 1. The van der Waals surface area contributed by atoms with Crippen molar-refractivity contribution in [2.24, 2.45) is 4.99 Å². The molecule has 3 rings (SSSR count). The van der Waals surface area contributed by atoms with E-state index in [9.17, 15) is 19.8 Å². The first kappa shape index (κ1) is 22.0. The minimum atomic E-state index is -1.24. The number of aliphatic imine (C=N–C) groups is 1. The summed E-state index contributed by atoms with van der Waals surface area (Å²) in [5.74, 6) is -0.719. The van der Waals surface area contributed by atoms with Crippen LogP contribution in [0, 0.1) is 0 Å². The molecule has 0 aliphatic carbocycles. The lowest BCUT2D eigenvalue weighted by Gasteiger charge is -2.13. The summed E-state index contributed by atoms with van der Waals surface area (Å²) in [6, 6.07) is 9.15. The third-order valence-electron chi connectivity index (χ3n) is 4.35. The van der Waals surface area contributed by atoms with Crippen LogP contribution in [0.5, 0.6) is 17.2 Å². The lowest BCUT2D eigenvalue weighted by Crippen LogP contribution is -2.29. The highest BCUT2D eigenvalue weighted by Crippen LogP contribution is 2.38. The Morgan fingerprint density at radius 2 is 2.03 bits per heavy atom. The Morgan fingerprint density at radius 1 is 1.26 bits per heavy atom. The van der Waals surface area contributed by atoms with Gasteiger partial charge >= 0.3 is 5.97 Å². The molecule has 0 aromatic heterocycles. The number of aromatic carboxylic acids is 1. The van der Waals surface area contributed by atoms with Crippen molar-refractivity contribution in [2.45, 2.75) is 0 Å². The van der Waals surface area contributed by atoms with E-state index in [1.54, 1.807) is 30.4 Å². The maximum absolute atomic E-state index is 13.0. The van der Waals surface area contributed by atoms with E-state index in [1.165, 1.54) is 31.3 Å². The van der Waals surface area contributed by atoms with Crippen molar-refractivity contribution < 1.29 is 29.3 Å². The predicted molar refractivity (Wildman–Crippen MR) is 119 cm³/mol. The van der Waals surface area contributed by atoms with Crippen LogP contribution in [0.2, 0.25) is 0 Å². The highest BCUT2D eigenvalue weighted by atomic mass is 32.2. The Labute approximate surface area is 183 Å². The number of carbonyl (C=O) groups excluding carboxylic acids is 1. The maximum atomic E-state index is 13.0. The van der Waals surface area contributed by atoms with Crippen molar-refractivity contribution in [3.05, 3.63) is 65.1 Å². The summed E-state index contributed by atoms with van der Waals surface area (Å²) < 4.78 is 10.7. The smallest absolute Gasteiger partial charge is 0.338 e. The highest BCUT2D eigenvalue weighted by Gasteiger charge is 2.33. The molecule has 2 N–H and O–H groups in total. The number of amides is 1. The van der Waals surface area contributed by atoms with Gasteiger partial charge in [-0.05, 0) is 42.1 Å². The third kappa shape index (κ3) is 4.56. The van der Waals surface area contributed by atoms with Crippen LogP contribution in [0.1, 0.15) is 15.9 Å². The molecule has 0 bridgehead atoms. The van der Waals surface area contributed by atoms with Gasteiger partial charge in [-0.2, -0.15) is 0 Å². The average molecular weight is 440 g/mol. The largest absolute Gasteiger partial charge is 0.508 e. The second kappa shape index (κ2) is 9.40. The zero-order valence-corrected chi connectivity index (χ0v) is 17.7. The van der Waals surface area contributed by atoms with Gasteiger partial charge in [0.25, 0.3) is 5.91 Å². The SMILES string of the molecule is C=CCN1C(=O)/C(=C/c2cccc(OC)c2OC)SC1=Nc1ccc(O)cc1C(=O)O. The quantitative estimate of drug-likeness (QED) is 0.496. The number of phenolic OH excluding ortho intramolecular Hbond substituents is 1. The Morgan fingerprint density at radius 3 is 2.68 bits per heavy atom. The lowest BCUT2D eigenvalue weighted by molar-refractivity contribution is -0.121. The molecule has 0 radical (unpaired) electrons. The molecule has 2 aromatic carbocycles. The summed E-state index contributed by atoms with van der Waals surface area (Å²) in [5.41, 5.74) is 0.592. The van der Waals surface area contributed by atoms with E-state index in [2.05, 4.69) is 11.6 Å². The first-order valence-electron chi connectivity index (χ1n) is 9.08. The molecule has 1 aliphatic heterocycles. The number of aromatic hydroxyl groups is 1. The number of hydrogen-bond donors (Lipinski definition) is 2. The van der Waals surface area contributed by atoms with Crippen molar-refractivity contribution in [3.63, 3.8) is 0 Å². The summed E-state index contributed by atoms with van der Waals surface area (Å²) in [5, 5.41) is 19.3. The number of carboxylic acid groups (broad SMARTS) is 1. The van der Waals surface area contributed by atoms with Gasteiger partial charge in [-0.3, -0.25) is 9.69 Å². The topological polar surface area (TPSA) is 109 Å². The number of hydrogen-bond acceptors (Lipinski definition) is 7. The Hall–Kier alpha value is -3.72. The number of methoxy groups -OCH3 is 2. The van der Waals surface area contributed by atoms with Gasteiger partial charge < -0.3 is 19.7 Å². The Kier molecular flexibility index (Phi) is 6.66. The predicted octanol–water partition coefficient (Wildman–Crippen LogP) is 3.90. The Balaban J connectivity index is 2.07. The van der Waals surface area contributed by atoms with E-state index in [0.717, 1.165) is 17.8 Å². The molecule has 9 heteroatoms. The molecule has 8 nitrogen and oxygen atoms in total. The van der Waals surface area contributed by atoms with E-state index in [-0.39, 0.29) is 29.5 Å². The number of para-hydroxylation sites is 1. The monoisotopic (exact) mass is 440 g/mol. The molecule has 0 unspecified atom stereocenters. The highest BCUT2D eigenvalue weighted by molar-refractivity contribution is 8.18. The standard InChI is InChI=1S/C22H20N2O6S/c1-4-10-24-20(26)18(11-13-6-5-7-17(29-2)19(13)30-3)31-22(24)23-16-9-8-14(25)12-15(16)21(27)28/h4-9,11-12,25H,1,10H2,2-3H3,(H,27,28)/b18-11-,23-22?. The zero-order valence-electron chi connectivity index (χ0n) is 16.9. The number of thioether (sulfide) groups is 1. The van der Waals surface area contributed by atoms with Gasteiger partial charge in [-0.25, -0.2) is 9.79 Å². The van der Waals surface area contributed by atoms with Gasteiger partial charge in [0.05, 0.1) is 30.4 Å². The summed E-state index contributed by atoms with van der Waals surface area (Å²) >= 11 is 1.10. The van der Waals surface area contributed by atoms with Crippen molar-refractivity contribution in [3.8, 4) is 17.2 Å². The fraction of sp³-hybridized carbons (Fsp3) is 0.136. The summed E-state index contributed by atoms with van der Waals surface area (Å²) in [6.45, 7) is 3.87. The van der Waals surface area contributed by atoms with Crippen LogP contribution in [0.4, 0.5) is 5.69 Å². The number of amidine groups is 1. The van der Waals surface area contributed by atoms with Gasteiger partial charge in [-0.15, -0.1) is 6.58 Å². The summed E-state index contributed by atoms with van der Waals surface area (Å²) in [7, 11) is 3.04. The molecule has 0 atom stereocenters. The molecule has 31 heavy (non-hydrogen) atoms. The number of benzene rings is 2. The van der Waals surface area contributed by atoms with Crippen LogP contribution < -0.4 is 9.47 Å². The van der Waals surface area contributed by atoms with Crippen LogP contribution in [0.3, 0.4) is 0 Å². The number of rotatable bonds is 7. The zero-order chi connectivity index (χ0) is 22.5. The van der Waals surface area contributed by atoms with Crippen molar-refractivity contribution in [1.82, 2.24) is 4.90 Å². The first-order chi connectivity index (χ1) is 14.9. The lowest BCUT2D eigenvalue weighted by atomic mass is 10.1. The number of carbonyl (C=O) groups is 2. The van der Waals surface area contributed by atoms with Gasteiger partial charge in [-0.1, -0.05) is 18.2 Å². The van der Waals surface area contributed by atoms with Crippen LogP contribution in [0.15, 0.2) is 59.0 Å². The molecule has 1 saturated heterocycles. The molecule has 2 aromatic rings. The normalized spacial score (nSPS) is 16.1. The number of nitrogens with zero attached hydrogens (tertiary/aromatic N) is 2. The Bertz CT molecular complexity index is 1110. The van der Waals surface area contributed by atoms with Crippen LogP contribution >= 0.6 is 11.8 Å². The second-order valence-electron chi connectivity index (χ2n) is 6.30. The second-order valence-corrected chi connectivity index (χ2v) is 7.31. The van der Waals surface area contributed by atoms with E-state index in [0.29, 0.717) is 27.1 Å². The molecule has 160 valence electrons. The molecule has 1 amide bonds. The first-order valence-corrected chi connectivity index (χ1v) is 9.89. The van der Waals surface area contributed by atoms with Crippen molar-refractivity contribution in [1.29, 1.82) is 0 Å². The molecule has 0 saturated carbocycles. The van der Waals surface area contributed by atoms with Gasteiger partial charge in [0.2, 0.25) is 0 Å². The van der Waals surface area contributed by atoms with E-state index >= 15 is 0 Å². The minimum Gasteiger partial charge on any atom is -0.508 e. The van der Waals surface area contributed by atoms with Gasteiger partial charge in [0.15, 0.2) is 16.7 Å². The molecule has 0 spiro atoms. The number of ether oxygens (including phenoxy) is 2. The summed E-state index contributed by atoms with van der Waals surface area (Å²) in [4.78, 5) is 30.7. The van der Waals surface area contributed by atoms with Crippen LogP contribution in [0.25, 0.3) is 6.08 Å². The molecule has 1 heterocycles. The van der Waals surface area contributed by atoms with Gasteiger partial charge in [0, 0.05) is 12.1 Å². The maximum Gasteiger partial charge on any atom is 0.338 e. The van der Waals surface area contributed by atoms with Crippen LogP contribution in [-0.4, -0.2) is 52.9 Å². The van der Waals surface area contributed by atoms with E-state index in [1.807, 2.05) is 0 Å². The van der Waals surface area contributed by atoms with Gasteiger partial charge in [0.1, 0.15) is 5.75 Å². The van der Waals surface area contributed by atoms with E-state index < -0.39 is 5.97 Å². The fourth-order valence-corrected chi connectivity index (χ4v) is 3.94. The van der Waals surface area contributed by atoms with Crippen molar-refractivity contribution >= 4 is 40.6 Å². The number of phenols is 1. The van der Waals surface area contributed by atoms with Crippen LogP contribution in [-0.2, 0) is 4.79 Å². The van der Waals surface area contributed by atoms with E-state index in [4.69, 9.17) is 9.47 Å². The molecule has 1 aliphatic rings. The van der Waals surface area contributed by atoms with Crippen molar-refractivity contribution in [2.75, 3.05) is 20.8 Å². The molecular weight excluding hydrogens is 420 g/mol. The minimum absolute atomic E-state index is 0.120. The molecular formula is C22H20N2O6S. The summed E-state index contributed by atoms with van der Waals surface area (Å²) in [6.07, 6.45) is 3.22. The fourth-order valence-electron chi connectivity index (χ4n) is 2.94. The average Bonchev–Trinajstić information content (AvgIpc) is 3.03.